The van der Waals surface area contributed by atoms with Crippen LogP contribution in [0.5, 0.6) is 0 Å². The summed E-state index contributed by atoms with van der Waals surface area (Å²) < 4.78 is 0. The minimum Gasteiger partial charge on any atom is -0.361 e. The highest BCUT2D eigenvalue weighted by Gasteiger charge is 2.40. The van der Waals surface area contributed by atoms with Crippen molar-refractivity contribution in [3.05, 3.63) is 40.9 Å². The molecule has 3 amide bonds. The third-order valence-corrected chi connectivity index (χ3v) is 3.56. The van der Waals surface area contributed by atoms with Crippen LogP contribution in [-0.2, 0) is 9.59 Å². The molecule has 1 aliphatic rings. The van der Waals surface area contributed by atoms with Crippen LogP contribution in [0.25, 0.3) is 5.53 Å². The molecule has 1 N–H and O–H groups in total. The van der Waals surface area contributed by atoms with E-state index in [0.717, 1.165) is 4.90 Å². The van der Waals surface area contributed by atoms with Gasteiger partial charge < -0.3 is 10.8 Å². The summed E-state index contributed by atoms with van der Waals surface area (Å²) in [6.45, 7) is 2.80. The van der Waals surface area contributed by atoms with Crippen molar-refractivity contribution in [3.8, 4) is 0 Å². The van der Waals surface area contributed by atoms with Gasteiger partial charge in [-0.1, -0.05) is 12.1 Å². The maximum atomic E-state index is 12.3. The fraction of sp³-hybridized carbons (Fsp3) is 0.267. The molecule has 0 unspecified atom stereocenters. The zero-order chi connectivity index (χ0) is 17.1. The number of fused-ring (bicyclic) bond motifs is 1. The number of imide groups is 1. The van der Waals surface area contributed by atoms with Gasteiger partial charge in [0.1, 0.15) is 6.04 Å². The van der Waals surface area contributed by atoms with Crippen molar-refractivity contribution < 1.29 is 24.0 Å². The largest absolute Gasteiger partial charge is 0.361 e. The highest BCUT2D eigenvalue weighted by molar-refractivity contribution is 6.28. The van der Waals surface area contributed by atoms with Crippen molar-refractivity contribution in [1.82, 2.24) is 10.2 Å². The Bertz CT molecular complexity index is 717. The first-order valence-electron chi connectivity index (χ1n) is 6.87. The van der Waals surface area contributed by atoms with Gasteiger partial charge in [-0.3, -0.25) is 24.1 Å². The number of rotatable bonds is 5. The van der Waals surface area contributed by atoms with Crippen LogP contribution in [0, 0.1) is 0 Å². The topological polar surface area (TPSA) is 120 Å². The molecule has 8 heteroatoms. The highest BCUT2D eigenvalue weighted by Crippen LogP contribution is 2.24. The lowest BCUT2D eigenvalue weighted by molar-refractivity contribution is -0.128. The van der Waals surface area contributed by atoms with Crippen molar-refractivity contribution in [1.29, 1.82) is 0 Å². The fourth-order valence-corrected chi connectivity index (χ4v) is 2.25. The van der Waals surface area contributed by atoms with Crippen LogP contribution in [0.15, 0.2) is 24.3 Å². The number of nitrogens with zero attached hydrogens (tertiary/aromatic N) is 3. The molecule has 1 aromatic carbocycles. The molecule has 2 rings (SSSR count). The summed E-state index contributed by atoms with van der Waals surface area (Å²) in [5.41, 5.74) is 8.80. The maximum absolute atomic E-state index is 12.3. The quantitative estimate of drug-likeness (QED) is 0.357. The molecular weight excluding hydrogens is 300 g/mol. The van der Waals surface area contributed by atoms with E-state index in [1.807, 2.05) is 0 Å². The molecule has 8 nitrogen and oxygen atoms in total. The van der Waals surface area contributed by atoms with Crippen LogP contribution in [0.4, 0.5) is 0 Å². The number of hydrogen-bond donors (Lipinski definition) is 1. The van der Waals surface area contributed by atoms with Crippen molar-refractivity contribution in [2.45, 2.75) is 25.9 Å². The molecule has 0 saturated heterocycles. The van der Waals surface area contributed by atoms with Crippen molar-refractivity contribution in [3.63, 3.8) is 0 Å². The van der Waals surface area contributed by atoms with E-state index >= 15 is 0 Å². The summed E-state index contributed by atoms with van der Waals surface area (Å²) in [5.74, 6) is -2.38. The molecule has 0 spiro atoms. The first-order valence-corrected chi connectivity index (χ1v) is 6.87. The number of carbonyl (C=O) groups excluding carboxylic acids is 4. The Hall–Kier alpha value is -3.12. The summed E-state index contributed by atoms with van der Waals surface area (Å²) in [4.78, 5) is 51.6. The van der Waals surface area contributed by atoms with Crippen LogP contribution < -0.4 is 5.32 Å². The van der Waals surface area contributed by atoms with E-state index in [4.69, 9.17) is 5.53 Å². The average molecular weight is 314 g/mol. The number of carbonyl (C=O) groups is 4. The predicted molar refractivity (Wildman–Crippen MR) is 78.7 cm³/mol. The van der Waals surface area contributed by atoms with Gasteiger partial charge in [0, 0.05) is 0 Å². The molecule has 1 heterocycles. The highest BCUT2D eigenvalue weighted by atomic mass is 16.2. The molecule has 23 heavy (non-hydrogen) atoms. The molecule has 0 bridgehead atoms. The lowest BCUT2D eigenvalue weighted by Gasteiger charge is -2.22. The fourth-order valence-electron chi connectivity index (χ4n) is 2.25. The van der Waals surface area contributed by atoms with Crippen LogP contribution in [-0.4, -0.2) is 51.5 Å². The van der Waals surface area contributed by atoms with Gasteiger partial charge in [-0.05, 0) is 26.0 Å². The summed E-state index contributed by atoms with van der Waals surface area (Å²) >= 11 is 0. The number of amides is 3. The number of nitrogens with one attached hydrogen (secondary N) is 1. The Morgan fingerprint density at radius 3 is 2.17 bits per heavy atom. The molecule has 1 aromatic rings. The van der Waals surface area contributed by atoms with Crippen LogP contribution in [0.2, 0.25) is 0 Å². The summed E-state index contributed by atoms with van der Waals surface area (Å²) in [6, 6.07) is 4.27. The molecule has 0 saturated carbocycles. The Kier molecular flexibility index (Phi) is 4.47. The SMILES string of the molecule is C[C@H](NC(=O)[C@H](C)N1C(=O)c2ccccc2C1=O)C(=O)C=[N+]=[N-]. The van der Waals surface area contributed by atoms with Crippen LogP contribution >= 0.6 is 0 Å². The van der Waals surface area contributed by atoms with Gasteiger partial charge >= 0.3 is 6.21 Å². The molecule has 118 valence electrons. The van der Waals surface area contributed by atoms with Gasteiger partial charge in [-0.15, -0.1) is 0 Å². The van der Waals surface area contributed by atoms with Gasteiger partial charge in [0.05, 0.1) is 17.2 Å². The maximum Gasteiger partial charge on any atom is 0.325 e. The van der Waals surface area contributed by atoms with E-state index in [1.165, 1.54) is 26.0 Å². The van der Waals surface area contributed by atoms with E-state index in [9.17, 15) is 19.2 Å². The first-order chi connectivity index (χ1) is 10.9. The van der Waals surface area contributed by atoms with Gasteiger partial charge in [-0.2, -0.15) is 4.79 Å². The average Bonchev–Trinajstić information content (AvgIpc) is 2.78. The molecule has 1 aliphatic heterocycles. The second kappa shape index (κ2) is 6.33. The zero-order valence-corrected chi connectivity index (χ0v) is 12.5. The van der Waals surface area contributed by atoms with E-state index in [0.29, 0.717) is 6.21 Å². The Balaban J connectivity index is 2.15. The van der Waals surface area contributed by atoms with E-state index in [-0.39, 0.29) is 11.1 Å². The van der Waals surface area contributed by atoms with Gasteiger partial charge in [0.25, 0.3) is 17.6 Å². The molecular formula is C15H14N4O4. The van der Waals surface area contributed by atoms with Gasteiger partial charge in [0.2, 0.25) is 5.91 Å². The lowest BCUT2D eigenvalue weighted by Crippen LogP contribution is -2.51. The normalized spacial score (nSPS) is 15.5. The van der Waals surface area contributed by atoms with Crippen molar-refractivity contribution in [2.75, 3.05) is 0 Å². The third-order valence-electron chi connectivity index (χ3n) is 3.56. The molecule has 0 aliphatic carbocycles. The predicted octanol–water partition coefficient (Wildman–Crippen LogP) is 0.0455. The van der Waals surface area contributed by atoms with Crippen LogP contribution in [0.3, 0.4) is 0 Å². The molecule has 2 atom stereocenters. The Morgan fingerprint density at radius 1 is 1.17 bits per heavy atom. The minimum absolute atomic E-state index is 0.244. The number of hydrogen-bond acceptors (Lipinski definition) is 4. The van der Waals surface area contributed by atoms with Gasteiger partial charge in [-0.25, -0.2) is 0 Å². The molecule has 0 radical (unpaired) electrons. The van der Waals surface area contributed by atoms with Crippen LogP contribution in [0.1, 0.15) is 34.6 Å². The van der Waals surface area contributed by atoms with E-state index in [2.05, 4.69) is 10.1 Å². The number of ketones is 1. The summed E-state index contributed by atoms with van der Waals surface area (Å²) in [5, 5.41) is 2.37. The third kappa shape index (κ3) is 2.93. The second-order valence-electron chi connectivity index (χ2n) is 5.08. The van der Waals surface area contributed by atoms with E-state index < -0.39 is 35.6 Å². The number of Topliss-reactive ketones (excluding diaryl/α,β-unsaturated/α-hetero) is 1. The van der Waals surface area contributed by atoms with Crippen molar-refractivity contribution in [2.24, 2.45) is 0 Å². The smallest absolute Gasteiger partial charge is 0.325 e. The second-order valence-corrected chi connectivity index (χ2v) is 5.08. The minimum atomic E-state index is -1.08. The molecule has 0 aromatic heterocycles. The lowest BCUT2D eigenvalue weighted by atomic mass is 10.1. The summed E-state index contributed by atoms with van der Waals surface area (Å²) in [7, 11) is 0. The molecule has 0 fully saturated rings. The Morgan fingerprint density at radius 2 is 1.70 bits per heavy atom. The first kappa shape index (κ1) is 16.3. The zero-order valence-electron chi connectivity index (χ0n) is 12.5. The van der Waals surface area contributed by atoms with Crippen molar-refractivity contribution >= 4 is 29.7 Å². The number of benzene rings is 1. The summed E-state index contributed by atoms with van der Waals surface area (Å²) in [6.07, 6.45) is 0.664. The monoisotopic (exact) mass is 314 g/mol. The Labute approximate surface area is 131 Å². The van der Waals surface area contributed by atoms with Gasteiger partial charge in [0.15, 0.2) is 0 Å². The standard InChI is InChI=1S/C15H14N4O4/c1-8(12(20)7-17-16)18-13(21)9(2)19-14(22)10-5-3-4-6-11(10)15(19)23/h3-9H,1-2H3,(H,18,21)/t8-,9-/m0/s1. The van der Waals surface area contributed by atoms with E-state index in [1.54, 1.807) is 12.1 Å².